The van der Waals surface area contributed by atoms with Crippen molar-refractivity contribution in [1.29, 1.82) is 0 Å². The van der Waals surface area contributed by atoms with Gasteiger partial charge in [-0.1, -0.05) is 24.3 Å². The number of ketones is 1. The van der Waals surface area contributed by atoms with Gasteiger partial charge < -0.3 is 19.5 Å². The van der Waals surface area contributed by atoms with E-state index in [4.69, 9.17) is 14.2 Å². The number of allylic oxidation sites excluding steroid dienone is 1. The third-order valence-corrected chi connectivity index (χ3v) is 4.29. The van der Waals surface area contributed by atoms with Crippen LogP contribution in [-0.2, 0) is 4.79 Å². The average molecular weight is 389 g/mol. The van der Waals surface area contributed by atoms with Gasteiger partial charge in [-0.05, 0) is 61.0 Å². The summed E-state index contributed by atoms with van der Waals surface area (Å²) in [5.74, 6) is 2.63. The van der Waals surface area contributed by atoms with Crippen LogP contribution in [0.1, 0.15) is 12.5 Å². The number of nitrogens with one attached hydrogen (secondary N) is 1. The van der Waals surface area contributed by atoms with Gasteiger partial charge in [-0.2, -0.15) is 0 Å². The summed E-state index contributed by atoms with van der Waals surface area (Å²) in [4.78, 5) is 12.2. The number of carbonyl (C=O) groups excluding carboxylic acids is 1. The fourth-order valence-corrected chi connectivity index (χ4v) is 2.79. The lowest BCUT2D eigenvalue weighted by atomic mass is 10.0. The molecule has 0 unspecified atom stereocenters. The Hall–Kier alpha value is -3.73. The van der Waals surface area contributed by atoms with Crippen molar-refractivity contribution < 1.29 is 19.0 Å². The van der Waals surface area contributed by atoms with Crippen LogP contribution in [0.4, 0.5) is 5.69 Å². The first kappa shape index (κ1) is 20.0. The molecule has 3 rings (SSSR count). The number of rotatable bonds is 8. The summed E-state index contributed by atoms with van der Waals surface area (Å²) in [6.07, 6.45) is 1.69. The fourth-order valence-electron chi connectivity index (χ4n) is 2.79. The first-order valence-electron chi connectivity index (χ1n) is 9.13. The number of para-hydroxylation sites is 1. The van der Waals surface area contributed by atoms with E-state index in [2.05, 4.69) is 5.32 Å². The van der Waals surface area contributed by atoms with Crippen LogP contribution in [0.2, 0.25) is 0 Å². The Balaban J connectivity index is 1.76. The quantitative estimate of drug-likeness (QED) is 0.513. The van der Waals surface area contributed by atoms with E-state index in [1.54, 1.807) is 32.6 Å². The number of hydrogen-bond donors (Lipinski definition) is 1. The Morgan fingerprint density at radius 3 is 2.10 bits per heavy atom. The molecule has 29 heavy (non-hydrogen) atoms. The van der Waals surface area contributed by atoms with Crippen LogP contribution in [0, 0.1) is 0 Å². The lowest BCUT2D eigenvalue weighted by molar-refractivity contribution is -0.111. The molecule has 0 aliphatic heterocycles. The fraction of sp³-hybridized carbons (Fsp3) is 0.125. The third-order valence-electron chi connectivity index (χ3n) is 4.29. The summed E-state index contributed by atoms with van der Waals surface area (Å²) < 4.78 is 16.4. The minimum absolute atomic E-state index is 0.0613. The number of methoxy groups -OCH3 is 2. The molecule has 0 fully saturated rings. The second kappa shape index (κ2) is 9.46. The van der Waals surface area contributed by atoms with Crippen LogP contribution in [0.3, 0.4) is 0 Å². The Morgan fingerprint density at radius 1 is 0.828 bits per heavy atom. The molecule has 0 atom stereocenters. The highest BCUT2D eigenvalue weighted by molar-refractivity contribution is 6.19. The molecule has 1 N–H and O–H groups in total. The van der Waals surface area contributed by atoms with E-state index in [9.17, 15) is 4.79 Å². The molecule has 0 aliphatic carbocycles. The zero-order chi connectivity index (χ0) is 20.6. The Kier molecular flexibility index (Phi) is 6.53. The lowest BCUT2D eigenvalue weighted by Crippen LogP contribution is -2.01. The van der Waals surface area contributed by atoms with Gasteiger partial charge in [0.15, 0.2) is 17.3 Å². The molecule has 5 heteroatoms. The molecular formula is C24H23NO4. The van der Waals surface area contributed by atoms with E-state index >= 15 is 0 Å². The zero-order valence-electron chi connectivity index (χ0n) is 16.6. The first-order chi connectivity index (χ1) is 14.1. The van der Waals surface area contributed by atoms with E-state index in [1.165, 1.54) is 6.92 Å². The maximum absolute atomic E-state index is 12.2. The summed E-state index contributed by atoms with van der Waals surface area (Å²) in [6, 6.07) is 22.5. The number of anilines is 1. The SMILES string of the molecule is COc1ccc(C(=CNc2ccc(Oc3ccccc3)cc2)C(C)=O)cc1OC. The predicted molar refractivity (Wildman–Crippen MR) is 115 cm³/mol. The summed E-state index contributed by atoms with van der Waals surface area (Å²) >= 11 is 0. The van der Waals surface area contributed by atoms with Gasteiger partial charge in [0.1, 0.15) is 11.5 Å². The number of benzene rings is 3. The maximum Gasteiger partial charge on any atom is 0.161 e. The van der Waals surface area contributed by atoms with Crippen molar-refractivity contribution in [2.75, 3.05) is 19.5 Å². The highest BCUT2D eigenvalue weighted by Gasteiger charge is 2.11. The molecule has 0 bridgehead atoms. The van der Waals surface area contributed by atoms with Gasteiger partial charge in [0.25, 0.3) is 0 Å². The molecule has 0 spiro atoms. The monoisotopic (exact) mass is 389 g/mol. The molecule has 0 amide bonds. The van der Waals surface area contributed by atoms with Gasteiger partial charge in [0.05, 0.1) is 14.2 Å². The molecule has 0 saturated heterocycles. The summed E-state index contributed by atoms with van der Waals surface area (Å²) in [7, 11) is 3.14. The van der Waals surface area contributed by atoms with Crippen molar-refractivity contribution in [3.05, 3.63) is 84.6 Å². The van der Waals surface area contributed by atoms with Crippen molar-refractivity contribution in [1.82, 2.24) is 0 Å². The molecule has 0 heterocycles. The van der Waals surface area contributed by atoms with Crippen molar-refractivity contribution in [2.24, 2.45) is 0 Å². The van der Waals surface area contributed by atoms with Gasteiger partial charge in [0, 0.05) is 17.5 Å². The Bertz CT molecular complexity index is 995. The molecule has 148 valence electrons. The molecule has 0 radical (unpaired) electrons. The summed E-state index contributed by atoms with van der Waals surface area (Å²) in [5.41, 5.74) is 2.12. The van der Waals surface area contributed by atoms with E-state index in [-0.39, 0.29) is 5.78 Å². The third kappa shape index (κ3) is 5.17. The smallest absolute Gasteiger partial charge is 0.161 e. The number of ether oxygens (including phenoxy) is 3. The zero-order valence-corrected chi connectivity index (χ0v) is 16.6. The molecular weight excluding hydrogens is 366 g/mol. The minimum Gasteiger partial charge on any atom is -0.493 e. The largest absolute Gasteiger partial charge is 0.493 e. The van der Waals surface area contributed by atoms with Crippen LogP contribution >= 0.6 is 0 Å². The predicted octanol–water partition coefficient (Wildman–Crippen LogP) is 5.54. The van der Waals surface area contributed by atoms with Crippen LogP contribution < -0.4 is 19.5 Å². The molecule has 0 saturated carbocycles. The van der Waals surface area contributed by atoms with Crippen LogP contribution in [-0.4, -0.2) is 20.0 Å². The van der Waals surface area contributed by atoms with Gasteiger partial charge in [-0.25, -0.2) is 0 Å². The highest BCUT2D eigenvalue weighted by atomic mass is 16.5. The first-order valence-corrected chi connectivity index (χ1v) is 9.13. The topological polar surface area (TPSA) is 56.8 Å². The molecule has 0 aliphatic rings. The van der Waals surface area contributed by atoms with Gasteiger partial charge in [0.2, 0.25) is 0 Å². The van der Waals surface area contributed by atoms with Gasteiger partial charge in [-0.15, -0.1) is 0 Å². The van der Waals surface area contributed by atoms with Crippen molar-refractivity contribution >= 4 is 17.0 Å². The van der Waals surface area contributed by atoms with Gasteiger partial charge in [-0.3, -0.25) is 4.79 Å². The number of hydrogen-bond acceptors (Lipinski definition) is 5. The maximum atomic E-state index is 12.2. The average Bonchev–Trinajstić information content (AvgIpc) is 2.75. The van der Waals surface area contributed by atoms with Gasteiger partial charge >= 0.3 is 0 Å². The van der Waals surface area contributed by atoms with Crippen molar-refractivity contribution in [3.8, 4) is 23.0 Å². The van der Waals surface area contributed by atoms with Crippen LogP contribution in [0.5, 0.6) is 23.0 Å². The number of carbonyl (C=O) groups is 1. The summed E-state index contributed by atoms with van der Waals surface area (Å²) in [5, 5.41) is 3.17. The molecule has 3 aromatic rings. The van der Waals surface area contributed by atoms with Crippen LogP contribution in [0.15, 0.2) is 79.0 Å². The molecule has 0 aromatic heterocycles. The lowest BCUT2D eigenvalue weighted by Gasteiger charge is -2.11. The molecule has 5 nitrogen and oxygen atoms in total. The van der Waals surface area contributed by atoms with E-state index in [0.29, 0.717) is 17.1 Å². The van der Waals surface area contributed by atoms with E-state index in [1.807, 2.05) is 60.7 Å². The Morgan fingerprint density at radius 2 is 1.48 bits per heavy atom. The molecule has 3 aromatic carbocycles. The van der Waals surface area contributed by atoms with E-state index < -0.39 is 0 Å². The van der Waals surface area contributed by atoms with Crippen molar-refractivity contribution in [3.63, 3.8) is 0 Å². The Labute approximate surface area is 170 Å². The highest BCUT2D eigenvalue weighted by Crippen LogP contribution is 2.31. The van der Waals surface area contributed by atoms with Crippen molar-refractivity contribution in [2.45, 2.75) is 6.92 Å². The van der Waals surface area contributed by atoms with E-state index in [0.717, 1.165) is 22.7 Å². The second-order valence-electron chi connectivity index (χ2n) is 6.27. The van der Waals surface area contributed by atoms with Crippen LogP contribution in [0.25, 0.3) is 5.57 Å². The number of Topliss-reactive ketones (excluding diaryl/α,β-unsaturated/α-hetero) is 1. The normalized spacial score (nSPS) is 10.9. The summed E-state index contributed by atoms with van der Waals surface area (Å²) in [6.45, 7) is 1.53. The second-order valence-corrected chi connectivity index (χ2v) is 6.27. The minimum atomic E-state index is -0.0613. The standard InChI is InChI=1S/C24H23NO4/c1-17(26)22(18-9-14-23(27-2)24(15-18)28-3)16-25-19-10-12-21(13-11-19)29-20-7-5-4-6-8-20/h4-16,25H,1-3H3.